The molecule has 0 bridgehead atoms. The van der Waals surface area contributed by atoms with Gasteiger partial charge in [0.05, 0.1) is 5.69 Å². The zero-order valence-electron chi connectivity index (χ0n) is 14.8. The van der Waals surface area contributed by atoms with Crippen LogP contribution < -0.4 is 16.2 Å². The Morgan fingerprint density at radius 3 is 2.93 bits per heavy atom. The maximum absolute atomic E-state index is 13.1. The molecular weight excluding hydrogens is 400 g/mol. The summed E-state index contributed by atoms with van der Waals surface area (Å²) in [6.07, 6.45) is 3.48. The van der Waals surface area contributed by atoms with Crippen LogP contribution in [0.2, 0.25) is 5.02 Å². The molecule has 1 unspecified atom stereocenters. The molecule has 0 radical (unpaired) electrons. The predicted octanol–water partition coefficient (Wildman–Crippen LogP) is 2.47. The highest BCUT2D eigenvalue weighted by molar-refractivity contribution is 7.15. The molecule has 2 amide bonds. The number of nitrogens with one attached hydrogen (secondary N) is 2. The Morgan fingerprint density at radius 2 is 2.11 bits per heavy atom. The first-order valence-corrected chi connectivity index (χ1v) is 10.1. The summed E-state index contributed by atoms with van der Waals surface area (Å²) in [5.41, 5.74) is 0.652. The van der Waals surface area contributed by atoms with E-state index in [1.54, 1.807) is 23.6 Å². The Balaban J connectivity index is 1.72. The van der Waals surface area contributed by atoms with Crippen LogP contribution in [0.15, 0.2) is 40.6 Å². The molecule has 1 aliphatic rings. The van der Waals surface area contributed by atoms with Crippen LogP contribution in [-0.2, 0) is 4.79 Å². The fraction of sp³-hybridized carbons (Fsp3) is 0.263. The van der Waals surface area contributed by atoms with E-state index in [4.69, 9.17) is 11.6 Å². The van der Waals surface area contributed by atoms with Crippen LogP contribution in [0.4, 0.5) is 0 Å². The minimum Gasteiger partial charge on any atom is -0.354 e. The number of thiazole rings is 1. The zero-order valence-corrected chi connectivity index (χ0v) is 16.3. The Morgan fingerprint density at radius 1 is 1.29 bits per heavy atom. The summed E-state index contributed by atoms with van der Waals surface area (Å²) in [5, 5.41) is 7.71. The van der Waals surface area contributed by atoms with Crippen LogP contribution in [0.1, 0.15) is 29.6 Å². The SMILES string of the molecule is O=C(NC1CCCCNC1=O)c1cnc2scc(-c3ccccc3Cl)n2c1=O. The molecular formula is C19H17ClN4O3S. The Kier molecular flexibility index (Phi) is 5.15. The highest BCUT2D eigenvalue weighted by Gasteiger charge is 2.25. The molecule has 1 atom stereocenters. The number of benzene rings is 1. The van der Waals surface area contributed by atoms with E-state index in [0.717, 1.165) is 12.8 Å². The van der Waals surface area contributed by atoms with Crippen LogP contribution in [0.3, 0.4) is 0 Å². The van der Waals surface area contributed by atoms with E-state index in [1.165, 1.54) is 21.9 Å². The number of rotatable bonds is 3. The maximum atomic E-state index is 13.1. The molecule has 1 saturated heterocycles. The zero-order chi connectivity index (χ0) is 19.7. The van der Waals surface area contributed by atoms with Crippen molar-refractivity contribution in [2.75, 3.05) is 6.54 Å². The van der Waals surface area contributed by atoms with E-state index in [0.29, 0.717) is 34.2 Å². The Bertz CT molecular complexity index is 1120. The van der Waals surface area contributed by atoms with Crippen molar-refractivity contribution < 1.29 is 9.59 Å². The Labute approximate surface area is 169 Å². The molecule has 0 saturated carbocycles. The van der Waals surface area contributed by atoms with E-state index >= 15 is 0 Å². The number of amides is 2. The van der Waals surface area contributed by atoms with Crippen molar-refractivity contribution in [1.29, 1.82) is 0 Å². The average Bonchev–Trinajstić information content (AvgIpc) is 3.01. The minimum atomic E-state index is -0.652. The molecule has 3 aromatic rings. The van der Waals surface area contributed by atoms with Gasteiger partial charge in [-0.3, -0.25) is 18.8 Å². The predicted molar refractivity (Wildman–Crippen MR) is 108 cm³/mol. The van der Waals surface area contributed by atoms with Crippen LogP contribution in [-0.4, -0.2) is 33.8 Å². The van der Waals surface area contributed by atoms with Gasteiger partial charge in [-0.25, -0.2) is 4.98 Å². The third-order valence-electron chi connectivity index (χ3n) is 4.68. The van der Waals surface area contributed by atoms with Gasteiger partial charge in [0.25, 0.3) is 11.5 Å². The van der Waals surface area contributed by atoms with E-state index in [9.17, 15) is 14.4 Å². The van der Waals surface area contributed by atoms with E-state index in [1.807, 2.05) is 6.07 Å². The summed E-state index contributed by atoms with van der Waals surface area (Å²) < 4.78 is 1.38. The van der Waals surface area contributed by atoms with Crippen molar-refractivity contribution in [1.82, 2.24) is 20.0 Å². The molecule has 1 aromatic carbocycles. The summed E-state index contributed by atoms with van der Waals surface area (Å²) in [6, 6.07) is 6.52. The fourth-order valence-corrected chi connectivity index (χ4v) is 4.30. The lowest BCUT2D eigenvalue weighted by Crippen LogP contribution is -2.46. The van der Waals surface area contributed by atoms with Gasteiger partial charge in [0.15, 0.2) is 4.96 Å². The maximum Gasteiger partial charge on any atom is 0.271 e. The van der Waals surface area contributed by atoms with Crippen LogP contribution >= 0.6 is 22.9 Å². The van der Waals surface area contributed by atoms with Crippen molar-refractivity contribution in [3.05, 3.63) is 56.8 Å². The molecule has 3 heterocycles. The van der Waals surface area contributed by atoms with Crippen molar-refractivity contribution >= 4 is 39.7 Å². The number of nitrogens with zero attached hydrogens (tertiary/aromatic N) is 2. The third kappa shape index (κ3) is 3.41. The normalized spacial score (nSPS) is 17.2. The molecule has 2 N–H and O–H groups in total. The lowest BCUT2D eigenvalue weighted by atomic mass is 10.1. The second kappa shape index (κ2) is 7.73. The summed E-state index contributed by atoms with van der Waals surface area (Å²) in [5.74, 6) is -0.836. The highest BCUT2D eigenvalue weighted by atomic mass is 35.5. The number of carbonyl (C=O) groups excluding carboxylic acids is 2. The smallest absolute Gasteiger partial charge is 0.271 e. The quantitative estimate of drug-likeness (QED) is 0.686. The van der Waals surface area contributed by atoms with Crippen LogP contribution in [0.25, 0.3) is 16.2 Å². The van der Waals surface area contributed by atoms with Gasteiger partial charge < -0.3 is 10.6 Å². The van der Waals surface area contributed by atoms with Gasteiger partial charge in [0.2, 0.25) is 5.91 Å². The lowest BCUT2D eigenvalue weighted by Gasteiger charge is -2.15. The topological polar surface area (TPSA) is 92.6 Å². The van der Waals surface area contributed by atoms with E-state index in [-0.39, 0.29) is 11.5 Å². The molecule has 0 aliphatic carbocycles. The van der Waals surface area contributed by atoms with Crippen molar-refractivity contribution in [2.24, 2.45) is 0 Å². The van der Waals surface area contributed by atoms with E-state index in [2.05, 4.69) is 15.6 Å². The van der Waals surface area contributed by atoms with Gasteiger partial charge in [0.1, 0.15) is 11.6 Å². The number of halogens is 1. The summed E-state index contributed by atoms with van der Waals surface area (Å²) in [7, 11) is 0. The lowest BCUT2D eigenvalue weighted by molar-refractivity contribution is -0.122. The molecule has 7 nitrogen and oxygen atoms in total. The monoisotopic (exact) mass is 416 g/mol. The van der Waals surface area contributed by atoms with Crippen molar-refractivity contribution in [3.63, 3.8) is 0 Å². The second-order valence-corrected chi connectivity index (χ2v) is 7.75. The first-order valence-electron chi connectivity index (χ1n) is 8.89. The molecule has 4 rings (SSSR count). The van der Waals surface area contributed by atoms with Crippen molar-refractivity contribution in [3.8, 4) is 11.3 Å². The van der Waals surface area contributed by atoms with Crippen molar-refractivity contribution in [2.45, 2.75) is 25.3 Å². The summed E-state index contributed by atoms with van der Waals surface area (Å²) >= 11 is 7.56. The molecule has 1 fully saturated rings. The van der Waals surface area contributed by atoms with Gasteiger partial charge in [0, 0.05) is 28.7 Å². The number of hydrogen-bond acceptors (Lipinski definition) is 5. The first-order chi connectivity index (χ1) is 13.6. The molecule has 1 aliphatic heterocycles. The molecule has 0 spiro atoms. The molecule has 2 aromatic heterocycles. The average molecular weight is 417 g/mol. The molecule has 28 heavy (non-hydrogen) atoms. The fourth-order valence-electron chi connectivity index (χ4n) is 3.22. The van der Waals surface area contributed by atoms with Gasteiger partial charge in [-0.1, -0.05) is 29.8 Å². The molecule has 144 valence electrons. The molecule has 9 heteroatoms. The van der Waals surface area contributed by atoms with Gasteiger partial charge in [-0.15, -0.1) is 11.3 Å². The largest absolute Gasteiger partial charge is 0.354 e. The highest BCUT2D eigenvalue weighted by Crippen LogP contribution is 2.29. The second-order valence-electron chi connectivity index (χ2n) is 6.51. The standard InChI is InChI=1S/C19H17ClN4O3S/c20-13-6-2-1-5-11(13)15-10-28-19-22-9-12(18(27)24(15)19)16(25)23-14-7-3-4-8-21-17(14)26/h1-2,5-6,9-10,14H,3-4,7-8H2,(H,21,26)(H,23,25). The number of hydrogen-bond donors (Lipinski definition) is 2. The van der Waals surface area contributed by atoms with Gasteiger partial charge in [-0.05, 0) is 25.3 Å². The number of carbonyl (C=O) groups is 2. The number of fused-ring (bicyclic) bond motifs is 1. The first kappa shape index (κ1) is 18.6. The van der Waals surface area contributed by atoms with E-state index < -0.39 is 17.5 Å². The van der Waals surface area contributed by atoms with Crippen LogP contribution in [0, 0.1) is 0 Å². The minimum absolute atomic E-state index is 0.110. The van der Waals surface area contributed by atoms with Gasteiger partial charge >= 0.3 is 0 Å². The summed E-state index contributed by atoms with van der Waals surface area (Å²) in [4.78, 5) is 42.5. The third-order valence-corrected chi connectivity index (χ3v) is 5.85. The number of aromatic nitrogens is 2. The van der Waals surface area contributed by atoms with Gasteiger partial charge in [-0.2, -0.15) is 0 Å². The van der Waals surface area contributed by atoms with Crippen LogP contribution in [0.5, 0.6) is 0 Å². The Hall–Kier alpha value is -2.71. The summed E-state index contributed by atoms with van der Waals surface area (Å²) in [6.45, 7) is 0.595.